The van der Waals surface area contributed by atoms with E-state index in [2.05, 4.69) is 14.7 Å². The average Bonchev–Trinajstić information content (AvgIpc) is 3.48. The number of aromatic amines is 1. The maximum absolute atomic E-state index is 13.1. The highest BCUT2D eigenvalue weighted by Crippen LogP contribution is 2.31. The third kappa shape index (κ3) is 4.57. The Morgan fingerprint density at radius 2 is 1.48 bits per heavy atom. The average molecular weight is 489 g/mol. The number of H-pyrrole nitrogens is 1. The van der Waals surface area contributed by atoms with E-state index in [1.54, 1.807) is 0 Å². The molecule has 2 aromatic carbocycles. The zero-order valence-corrected chi connectivity index (χ0v) is 19.9. The topological polar surface area (TPSA) is 112 Å². The van der Waals surface area contributed by atoms with Crippen LogP contribution in [0.2, 0.25) is 0 Å². The van der Waals surface area contributed by atoms with Gasteiger partial charge in [-0.15, -0.1) is 0 Å². The van der Waals surface area contributed by atoms with E-state index in [9.17, 15) is 16.8 Å². The Balaban J connectivity index is 1.26. The molecular weight excluding hydrogens is 460 g/mol. The van der Waals surface area contributed by atoms with Crippen LogP contribution in [-0.2, 0) is 20.0 Å². The number of piperidine rings is 1. The Kier molecular flexibility index (Phi) is 6.02. The quantitative estimate of drug-likeness (QED) is 0.553. The summed E-state index contributed by atoms with van der Waals surface area (Å²) in [5.41, 5.74) is 1.90. The molecular formula is C23H28N4O4S2. The van der Waals surface area contributed by atoms with E-state index in [1.807, 2.05) is 24.3 Å². The highest BCUT2D eigenvalue weighted by Gasteiger charge is 2.31. The molecule has 2 fully saturated rings. The first-order valence-electron chi connectivity index (χ1n) is 11.4. The monoisotopic (exact) mass is 488 g/mol. The Morgan fingerprint density at radius 3 is 2.15 bits per heavy atom. The summed E-state index contributed by atoms with van der Waals surface area (Å²) < 4.78 is 55.7. The molecule has 0 spiro atoms. The summed E-state index contributed by atoms with van der Waals surface area (Å²) in [6.45, 7) is 0.792. The highest BCUT2D eigenvalue weighted by molar-refractivity contribution is 7.89. The van der Waals surface area contributed by atoms with Gasteiger partial charge in [0.25, 0.3) is 0 Å². The van der Waals surface area contributed by atoms with Crippen molar-refractivity contribution in [1.82, 2.24) is 19.0 Å². The molecule has 8 nitrogen and oxygen atoms in total. The first-order chi connectivity index (χ1) is 15.8. The molecule has 2 aliphatic rings. The molecule has 33 heavy (non-hydrogen) atoms. The highest BCUT2D eigenvalue weighted by atomic mass is 32.2. The predicted octanol–water partition coefficient (Wildman–Crippen LogP) is 3.35. The van der Waals surface area contributed by atoms with Crippen molar-refractivity contribution in [2.45, 2.75) is 60.3 Å². The van der Waals surface area contributed by atoms with E-state index in [0.717, 1.165) is 42.5 Å². The minimum absolute atomic E-state index is 0.0357. The van der Waals surface area contributed by atoms with Crippen molar-refractivity contribution in [2.75, 3.05) is 13.1 Å². The van der Waals surface area contributed by atoms with Gasteiger partial charge in [0, 0.05) is 25.0 Å². The number of fused-ring (bicyclic) bond motifs is 1. The van der Waals surface area contributed by atoms with Gasteiger partial charge in [0.15, 0.2) is 0 Å². The van der Waals surface area contributed by atoms with Crippen LogP contribution in [0.1, 0.15) is 50.3 Å². The number of sulfonamides is 2. The SMILES string of the molecule is O=S(=O)(NC1CCCC1)c1ccc(S(=O)(=O)N2CCC(c3nc4ccccc4[nH]3)CC2)cc1. The third-order valence-corrected chi connectivity index (χ3v) is 10.1. The van der Waals surface area contributed by atoms with Crippen LogP contribution < -0.4 is 4.72 Å². The number of aromatic nitrogens is 2. The van der Waals surface area contributed by atoms with E-state index in [1.165, 1.54) is 28.6 Å². The fraction of sp³-hybridized carbons (Fsp3) is 0.435. The second kappa shape index (κ2) is 8.83. The number of hydrogen-bond donors (Lipinski definition) is 2. The molecule has 3 aromatic rings. The van der Waals surface area contributed by atoms with Gasteiger partial charge in [-0.2, -0.15) is 4.31 Å². The van der Waals surface area contributed by atoms with Crippen molar-refractivity contribution >= 4 is 31.1 Å². The lowest BCUT2D eigenvalue weighted by Gasteiger charge is -2.30. The number of hydrogen-bond acceptors (Lipinski definition) is 5. The molecule has 0 atom stereocenters. The van der Waals surface area contributed by atoms with E-state index >= 15 is 0 Å². The molecule has 5 rings (SSSR count). The summed E-state index contributed by atoms with van der Waals surface area (Å²) in [5, 5.41) is 0. The summed E-state index contributed by atoms with van der Waals surface area (Å²) in [7, 11) is -7.34. The van der Waals surface area contributed by atoms with Gasteiger partial charge in [-0.1, -0.05) is 25.0 Å². The summed E-state index contributed by atoms with van der Waals surface area (Å²) in [4.78, 5) is 8.23. The van der Waals surface area contributed by atoms with Crippen LogP contribution in [-0.4, -0.2) is 50.2 Å². The molecule has 176 valence electrons. The maximum Gasteiger partial charge on any atom is 0.243 e. The Morgan fingerprint density at radius 1 is 0.848 bits per heavy atom. The molecule has 0 unspecified atom stereocenters. The summed E-state index contributed by atoms with van der Waals surface area (Å²) in [5.74, 6) is 1.08. The first-order valence-corrected chi connectivity index (χ1v) is 14.3. The molecule has 0 bridgehead atoms. The maximum atomic E-state index is 13.1. The molecule has 0 amide bonds. The normalized spacial score (nSPS) is 19.4. The van der Waals surface area contributed by atoms with Crippen molar-refractivity contribution in [1.29, 1.82) is 0 Å². The molecule has 2 heterocycles. The predicted molar refractivity (Wildman–Crippen MR) is 126 cm³/mol. The number of nitrogens with one attached hydrogen (secondary N) is 2. The molecule has 2 N–H and O–H groups in total. The molecule has 1 aliphatic carbocycles. The summed E-state index contributed by atoms with van der Waals surface area (Å²) in [6.07, 6.45) is 5.09. The molecule has 10 heteroatoms. The zero-order chi connectivity index (χ0) is 23.1. The molecule has 1 saturated carbocycles. The smallest absolute Gasteiger partial charge is 0.243 e. The van der Waals surface area contributed by atoms with E-state index in [0.29, 0.717) is 25.9 Å². The van der Waals surface area contributed by atoms with Gasteiger partial charge < -0.3 is 4.98 Å². The van der Waals surface area contributed by atoms with Gasteiger partial charge >= 0.3 is 0 Å². The van der Waals surface area contributed by atoms with E-state index in [4.69, 9.17) is 0 Å². The van der Waals surface area contributed by atoms with Gasteiger partial charge in [0.05, 0.1) is 20.8 Å². The lowest BCUT2D eigenvalue weighted by atomic mass is 9.97. The second-order valence-electron chi connectivity index (χ2n) is 8.89. The minimum atomic E-state index is -3.69. The largest absolute Gasteiger partial charge is 0.342 e. The van der Waals surface area contributed by atoms with Crippen molar-refractivity contribution in [2.24, 2.45) is 0 Å². The van der Waals surface area contributed by atoms with Gasteiger partial charge in [-0.25, -0.2) is 26.5 Å². The van der Waals surface area contributed by atoms with Gasteiger partial charge in [0.2, 0.25) is 20.0 Å². The summed E-state index contributed by atoms with van der Waals surface area (Å²) in [6, 6.07) is 13.4. The molecule has 0 radical (unpaired) electrons. The first kappa shape index (κ1) is 22.5. The molecule has 1 saturated heterocycles. The third-order valence-electron chi connectivity index (χ3n) is 6.70. The van der Waals surface area contributed by atoms with Crippen LogP contribution in [0, 0.1) is 0 Å². The molecule has 1 aliphatic heterocycles. The number of imidazole rings is 1. The van der Waals surface area contributed by atoms with Gasteiger partial charge in [0.1, 0.15) is 5.82 Å². The van der Waals surface area contributed by atoms with E-state index in [-0.39, 0.29) is 21.8 Å². The van der Waals surface area contributed by atoms with Crippen LogP contribution in [0.15, 0.2) is 58.3 Å². The minimum Gasteiger partial charge on any atom is -0.342 e. The van der Waals surface area contributed by atoms with Crippen LogP contribution in [0.5, 0.6) is 0 Å². The van der Waals surface area contributed by atoms with Crippen molar-refractivity contribution < 1.29 is 16.8 Å². The van der Waals surface area contributed by atoms with Crippen molar-refractivity contribution in [3.63, 3.8) is 0 Å². The van der Waals surface area contributed by atoms with Crippen LogP contribution in [0.3, 0.4) is 0 Å². The lowest BCUT2D eigenvalue weighted by Crippen LogP contribution is -2.38. The number of nitrogens with zero attached hydrogens (tertiary/aromatic N) is 2. The number of benzene rings is 2. The van der Waals surface area contributed by atoms with Gasteiger partial charge in [-0.3, -0.25) is 0 Å². The zero-order valence-electron chi connectivity index (χ0n) is 18.3. The van der Waals surface area contributed by atoms with Crippen LogP contribution in [0.25, 0.3) is 11.0 Å². The van der Waals surface area contributed by atoms with Crippen molar-refractivity contribution in [3.05, 3.63) is 54.4 Å². The second-order valence-corrected chi connectivity index (χ2v) is 12.5. The number of rotatable bonds is 6. The van der Waals surface area contributed by atoms with E-state index < -0.39 is 20.0 Å². The Bertz CT molecular complexity index is 1300. The Labute approximate surface area is 194 Å². The van der Waals surface area contributed by atoms with Crippen molar-refractivity contribution in [3.8, 4) is 0 Å². The standard InChI is InChI=1S/C23H28N4O4S2/c28-32(29,26-18-5-1-2-6-18)19-9-11-20(12-10-19)33(30,31)27-15-13-17(14-16-27)23-24-21-7-3-4-8-22(21)25-23/h3-4,7-12,17-18,26H,1-2,5-6,13-16H2,(H,24,25). The van der Waals surface area contributed by atoms with Crippen LogP contribution >= 0.6 is 0 Å². The van der Waals surface area contributed by atoms with Gasteiger partial charge in [-0.05, 0) is 62.1 Å². The lowest BCUT2D eigenvalue weighted by molar-refractivity contribution is 0.314. The molecule has 1 aromatic heterocycles. The summed E-state index contributed by atoms with van der Waals surface area (Å²) >= 11 is 0. The fourth-order valence-electron chi connectivity index (χ4n) is 4.81. The Hall–Kier alpha value is -2.27. The van der Waals surface area contributed by atoms with Crippen LogP contribution in [0.4, 0.5) is 0 Å². The number of para-hydroxylation sites is 2. The fourth-order valence-corrected chi connectivity index (χ4v) is 7.58.